The zero-order chi connectivity index (χ0) is 29.9. The van der Waals surface area contributed by atoms with Crippen LogP contribution in [-0.4, -0.2) is 77.5 Å². The molecule has 0 aliphatic carbocycles. The summed E-state index contributed by atoms with van der Waals surface area (Å²) in [5.74, 6) is -1.88. The number of nitrogens with one attached hydrogen (secondary N) is 2. The Bertz CT molecular complexity index is 1560. The summed E-state index contributed by atoms with van der Waals surface area (Å²) in [6.45, 7) is 4.45. The van der Waals surface area contributed by atoms with Crippen LogP contribution in [0.5, 0.6) is 5.75 Å². The normalized spacial score (nSPS) is 22.5. The second-order valence-electron chi connectivity index (χ2n) is 11.1. The van der Waals surface area contributed by atoms with Gasteiger partial charge in [0.2, 0.25) is 17.7 Å². The van der Waals surface area contributed by atoms with E-state index in [4.69, 9.17) is 4.74 Å². The van der Waals surface area contributed by atoms with Gasteiger partial charge < -0.3 is 19.9 Å². The van der Waals surface area contributed by atoms with Gasteiger partial charge in [-0.25, -0.2) is 0 Å². The summed E-state index contributed by atoms with van der Waals surface area (Å²) < 4.78 is 5.96. The number of hydrogen-bond acceptors (Lipinski definition) is 8. The fourth-order valence-corrected chi connectivity index (χ4v) is 6.29. The van der Waals surface area contributed by atoms with E-state index >= 15 is 0 Å². The Morgan fingerprint density at radius 3 is 2.43 bits per heavy atom. The van der Waals surface area contributed by atoms with Crippen molar-refractivity contribution in [2.45, 2.75) is 57.6 Å². The van der Waals surface area contributed by atoms with Crippen molar-refractivity contribution in [3.05, 3.63) is 47.0 Å². The monoisotopic (exact) mass is 573 g/mol. The number of nitrogens with zero attached hydrogens (tertiary/aromatic N) is 3. The van der Waals surface area contributed by atoms with E-state index in [1.807, 2.05) is 17.0 Å². The van der Waals surface area contributed by atoms with Gasteiger partial charge in [0.15, 0.2) is 6.10 Å². The van der Waals surface area contributed by atoms with Gasteiger partial charge in [0.25, 0.3) is 17.7 Å². The van der Waals surface area contributed by atoms with Gasteiger partial charge in [-0.05, 0) is 61.9 Å². The van der Waals surface area contributed by atoms with Gasteiger partial charge in [0.05, 0.1) is 22.5 Å². The van der Waals surface area contributed by atoms with Gasteiger partial charge in [-0.3, -0.25) is 39.0 Å². The molecule has 42 heavy (non-hydrogen) atoms. The molecule has 4 aliphatic heterocycles. The molecule has 2 saturated heterocycles. The molecule has 2 N–H and O–H groups in total. The maximum absolute atomic E-state index is 13.7. The summed E-state index contributed by atoms with van der Waals surface area (Å²) in [5, 5.41) is 5.58. The zero-order valence-electron chi connectivity index (χ0n) is 23.6. The molecular formula is C30H31N5O7. The van der Waals surface area contributed by atoms with E-state index in [0.717, 1.165) is 10.5 Å². The summed E-state index contributed by atoms with van der Waals surface area (Å²) >= 11 is 0. The molecule has 0 unspecified atom stereocenters. The van der Waals surface area contributed by atoms with Crippen molar-refractivity contribution in [3.8, 4) is 5.75 Å². The van der Waals surface area contributed by atoms with Crippen molar-refractivity contribution >= 4 is 52.5 Å². The molecule has 6 rings (SSSR count). The van der Waals surface area contributed by atoms with E-state index in [0.29, 0.717) is 48.7 Å². The van der Waals surface area contributed by atoms with Crippen LogP contribution in [0.25, 0.3) is 0 Å². The number of hydrogen-bond donors (Lipinski definition) is 2. The molecule has 12 nitrogen and oxygen atoms in total. The van der Waals surface area contributed by atoms with Crippen molar-refractivity contribution in [2.24, 2.45) is 0 Å². The van der Waals surface area contributed by atoms with Gasteiger partial charge in [0.1, 0.15) is 11.8 Å². The molecule has 2 fully saturated rings. The first-order valence-corrected chi connectivity index (χ1v) is 14.0. The minimum atomic E-state index is -1.08. The molecule has 4 heterocycles. The number of rotatable bonds is 4. The molecule has 2 aromatic rings. The first kappa shape index (κ1) is 27.4. The average Bonchev–Trinajstić information content (AvgIpc) is 3.22. The smallest absolute Gasteiger partial charge is 0.267 e. The van der Waals surface area contributed by atoms with Crippen LogP contribution >= 0.6 is 0 Å². The number of benzene rings is 2. The Morgan fingerprint density at radius 2 is 1.74 bits per heavy atom. The van der Waals surface area contributed by atoms with Crippen LogP contribution in [0, 0.1) is 0 Å². The average molecular weight is 574 g/mol. The third-order valence-electron chi connectivity index (χ3n) is 8.59. The summed E-state index contributed by atoms with van der Waals surface area (Å²) in [5.41, 5.74) is 2.78. The minimum absolute atomic E-state index is 0.0260. The van der Waals surface area contributed by atoms with Crippen molar-refractivity contribution < 1.29 is 33.5 Å². The highest BCUT2D eigenvalue weighted by Crippen LogP contribution is 2.44. The molecule has 0 bridgehead atoms. The highest BCUT2D eigenvalue weighted by atomic mass is 16.5. The van der Waals surface area contributed by atoms with Crippen LogP contribution in [0.2, 0.25) is 0 Å². The molecule has 0 spiro atoms. The topological polar surface area (TPSA) is 145 Å². The third-order valence-corrected chi connectivity index (χ3v) is 8.59. The van der Waals surface area contributed by atoms with E-state index in [2.05, 4.69) is 10.6 Å². The predicted molar refractivity (Wildman–Crippen MR) is 151 cm³/mol. The summed E-state index contributed by atoms with van der Waals surface area (Å²) in [7, 11) is 1.68. The first-order chi connectivity index (χ1) is 20.0. The second kappa shape index (κ2) is 10.3. The second-order valence-corrected chi connectivity index (χ2v) is 11.1. The van der Waals surface area contributed by atoms with Gasteiger partial charge >= 0.3 is 0 Å². The number of imide groups is 2. The SMILES string of the molecule is CC(=O)N1CCC(c2cc3c(cc2Nc2cccc4c2C(=O)N([C@H]2CCC(=O)NC2=O)C4=O)N(C)C(=O)[C@@H](C)O3)CC1. The van der Waals surface area contributed by atoms with E-state index < -0.39 is 35.8 Å². The molecular weight excluding hydrogens is 542 g/mol. The van der Waals surface area contributed by atoms with E-state index in [1.54, 1.807) is 39.1 Å². The molecule has 2 atom stereocenters. The van der Waals surface area contributed by atoms with Gasteiger partial charge in [-0.15, -0.1) is 0 Å². The van der Waals surface area contributed by atoms with Gasteiger partial charge in [-0.1, -0.05) is 6.07 Å². The summed E-state index contributed by atoms with van der Waals surface area (Å²) in [6.07, 6.45) is 0.873. The molecule has 12 heteroatoms. The third kappa shape index (κ3) is 4.47. The van der Waals surface area contributed by atoms with Crippen molar-refractivity contribution in [1.29, 1.82) is 0 Å². The van der Waals surface area contributed by atoms with Crippen LogP contribution in [0.4, 0.5) is 17.1 Å². The lowest BCUT2D eigenvalue weighted by Gasteiger charge is -2.35. The molecule has 4 aliphatic rings. The largest absolute Gasteiger partial charge is 0.479 e. The number of ether oxygens (including phenoxy) is 1. The fraction of sp³-hybridized carbons (Fsp3) is 0.400. The zero-order valence-corrected chi connectivity index (χ0v) is 23.6. The Kier molecular flexibility index (Phi) is 6.71. The van der Waals surface area contributed by atoms with Crippen molar-refractivity contribution in [3.63, 3.8) is 0 Å². The van der Waals surface area contributed by atoms with Crippen LogP contribution in [0.15, 0.2) is 30.3 Å². The molecule has 0 aromatic heterocycles. The maximum Gasteiger partial charge on any atom is 0.267 e. The van der Waals surface area contributed by atoms with Crippen molar-refractivity contribution in [1.82, 2.24) is 15.1 Å². The van der Waals surface area contributed by atoms with E-state index in [1.165, 1.54) is 4.90 Å². The maximum atomic E-state index is 13.7. The number of carbonyl (C=O) groups excluding carboxylic acids is 6. The predicted octanol–water partition coefficient (Wildman–Crippen LogP) is 2.30. The van der Waals surface area contributed by atoms with Gasteiger partial charge in [-0.2, -0.15) is 0 Å². The number of likely N-dealkylation sites (N-methyl/N-ethyl adjacent to an activating group) is 1. The highest BCUT2D eigenvalue weighted by Gasteiger charge is 2.46. The van der Waals surface area contributed by atoms with Crippen LogP contribution < -0.4 is 20.3 Å². The van der Waals surface area contributed by atoms with Crippen LogP contribution in [0.3, 0.4) is 0 Å². The lowest BCUT2D eigenvalue weighted by atomic mass is 9.87. The Morgan fingerprint density at radius 1 is 1.00 bits per heavy atom. The Hall–Kier alpha value is -4.74. The standard InChI is InChI=1S/C30H31N5O7/c1-15-28(39)33(3)23-14-21(19(13-24(23)42-15)17-9-11-34(12-10-17)16(2)36)31-20-6-4-5-18-26(20)30(41)35(29(18)40)22-7-8-25(37)32-27(22)38/h4-6,13-15,17,22,31H,7-12H2,1-3H3,(H,32,37,38)/t15-,22+/m1/s1. The molecule has 0 saturated carbocycles. The highest BCUT2D eigenvalue weighted by molar-refractivity contribution is 6.25. The number of piperidine rings is 2. The summed E-state index contributed by atoms with van der Waals surface area (Å²) in [4.78, 5) is 80.2. The molecule has 0 radical (unpaired) electrons. The number of carbonyl (C=O) groups is 6. The Labute approximate surface area is 241 Å². The van der Waals surface area contributed by atoms with E-state index in [9.17, 15) is 28.8 Å². The number of anilines is 3. The quantitative estimate of drug-likeness (QED) is 0.530. The molecule has 2 aromatic carbocycles. The number of likely N-dealkylation sites (tertiary alicyclic amines) is 1. The van der Waals surface area contributed by atoms with Crippen LogP contribution in [0.1, 0.15) is 71.7 Å². The Balaban J connectivity index is 1.38. The number of fused-ring (bicyclic) bond motifs is 2. The van der Waals surface area contributed by atoms with Gasteiger partial charge in [0, 0.05) is 39.2 Å². The fourth-order valence-electron chi connectivity index (χ4n) is 6.29. The van der Waals surface area contributed by atoms with E-state index in [-0.39, 0.29) is 41.7 Å². The molecule has 6 amide bonds. The number of amides is 6. The van der Waals surface area contributed by atoms with Crippen molar-refractivity contribution in [2.75, 3.05) is 30.4 Å². The lowest BCUT2D eigenvalue weighted by molar-refractivity contribution is -0.136. The lowest BCUT2D eigenvalue weighted by Crippen LogP contribution is -2.54. The first-order valence-electron chi connectivity index (χ1n) is 14.0. The minimum Gasteiger partial charge on any atom is -0.479 e. The van der Waals surface area contributed by atoms with Crippen LogP contribution in [-0.2, 0) is 19.2 Å². The molecule has 218 valence electrons. The summed E-state index contributed by atoms with van der Waals surface area (Å²) in [6, 6.07) is 7.53.